The predicted molar refractivity (Wildman–Crippen MR) is 70.6 cm³/mol. The van der Waals surface area contributed by atoms with E-state index in [-0.39, 0.29) is 64.5 Å². The second-order valence-corrected chi connectivity index (χ2v) is 4.00. The zero-order valence-electron chi connectivity index (χ0n) is 10.6. The van der Waals surface area contributed by atoms with Gasteiger partial charge in [-0.2, -0.15) is 0 Å². The first kappa shape index (κ1) is 22.7. The summed E-state index contributed by atoms with van der Waals surface area (Å²) in [7, 11) is 0. The zero-order chi connectivity index (χ0) is 15.7. The normalized spacial score (nSPS) is 10.2. The maximum absolute atomic E-state index is 10.6. The van der Waals surface area contributed by atoms with E-state index in [1.165, 1.54) is 0 Å². The first-order valence-corrected chi connectivity index (χ1v) is 5.52. The maximum atomic E-state index is 10.6. The number of aliphatic carboxylic acids is 4. The summed E-state index contributed by atoms with van der Waals surface area (Å²) in [5, 5.41) is 34.5. The molecule has 0 rings (SSSR count). The second kappa shape index (κ2) is 12.0. The van der Waals surface area contributed by atoms with Gasteiger partial charge in [0.1, 0.15) is 0 Å². The summed E-state index contributed by atoms with van der Waals surface area (Å²) in [6, 6.07) is 0. The predicted octanol–water partition coefficient (Wildman–Crippen LogP) is -2.72. The van der Waals surface area contributed by atoms with Crippen LogP contribution in [0.5, 0.6) is 0 Å². The van der Waals surface area contributed by atoms with Crippen LogP contribution in [-0.2, 0) is 19.2 Å². The van der Waals surface area contributed by atoms with Crippen molar-refractivity contribution >= 4 is 75.3 Å². The Morgan fingerprint density at radius 3 is 0.905 bits per heavy atom. The first-order valence-electron chi connectivity index (χ1n) is 5.52. The molecule has 0 radical (unpaired) electrons. The number of rotatable bonds is 11. The molecule has 11 heteroatoms. The Labute approximate surface area is 162 Å². The molecule has 21 heavy (non-hydrogen) atoms. The van der Waals surface area contributed by atoms with Crippen LogP contribution in [0.1, 0.15) is 0 Å². The quantitative estimate of drug-likeness (QED) is 0.293. The van der Waals surface area contributed by atoms with Gasteiger partial charge < -0.3 is 20.4 Å². The van der Waals surface area contributed by atoms with E-state index in [4.69, 9.17) is 20.4 Å². The van der Waals surface area contributed by atoms with Crippen LogP contribution in [0.3, 0.4) is 0 Å². The molecule has 0 aliphatic rings. The van der Waals surface area contributed by atoms with Crippen molar-refractivity contribution in [3.63, 3.8) is 0 Å². The van der Waals surface area contributed by atoms with E-state index in [1.807, 2.05) is 0 Å². The third kappa shape index (κ3) is 14.1. The SMILES string of the molecule is O=C(O)CN(CCN(CC(=O)O)CC(=O)O)CC(=O)O.[KH]. The molecule has 0 bridgehead atoms. The Hall–Kier alpha value is -0.564. The Balaban J connectivity index is 0. The molecule has 0 unspecified atom stereocenters. The number of nitrogens with zero attached hydrogens (tertiary/aromatic N) is 2. The van der Waals surface area contributed by atoms with Gasteiger partial charge in [0.15, 0.2) is 0 Å². The van der Waals surface area contributed by atoms with E-state index >= 15 is 0 Å². The van der Waals surface area contributed by atoms with Gasteiger partial charge in [0.2, 0.25) is 0 Å². The average Bonchev–Trinajstić information content (AvgIpc) is 2.22. The first-order chi connectivity index (χ1) is 9.20. The van der Waals surface area contributed by atoms with Gasteiger partial charge in [0.05, 0.1) is 26.2 Å². The van der Waals surface area contributed by atoms with Crippen LogP contribution in [0.4, 0.5) is 0 Å². The minimum atomic E-state index is -1.23. The molecule has 0 saturated heterocycles. The van der Waals surface area contributed by atoms with Gasteiger partial charge in [0.25, 0.3) is 0 Å². The van der Waals surface area contributed by atoms with Crippen molar-refractivity contribution in [3.05, 3.63) is 0 Å². The number of carbonyl (C=O) groups is 4. The van der Waals surface area contributed by atoms with E-state index in [1.54, 1.807) is 0 Å². The van der Waals surface area contributed by atoms with Crippen molar-refractivity contribution in [1.29, 1.82) is 0 Å². The molecule has 10 nitrogen and oxygen atoms in total. The van der Waals surface area contributed by atoms with E-state index in [9.17, 15) is 19.2 Å². The topological polar surface area (TPSA) is 156 Å². The molecule has 0 aliphatic carbocycles. The standard InChI is InChI=1S/C10H16N2O8.K.H/c13-7(14)3-11(4-8(15)16)1-2-12(5-9(17)18)6-10(19)20;;/h1-6H2,(H,13,14)(H,15,16)(H,17,18)(H,19,20);;. The molecule has 116 valence electrons. The molecule has 0 heterocycles. The van der Waals surface area contributed by atoms with Crippen molar-refractivity contribution < 1.29 is 39.6 Å². The Morgan fingerprint density at radius 2 is 0.762 bits per heavy atom. The molecule has 0 atom stereocenters. The van der Waals surface area contributed by atoms with Crippen molar-refractivity contribution in [2.45, 2.75) is 0 Å². The van der Waals surface area contributed by atoms with Crippen LogP contribution in [0, 0.1) is 0 Å². The molecule has 0 aromatic rings. The molecular weight excluding hydrogens is 315 g/mol. The summed E-state index contributed by atoms with van der Waals surface area (Å²) in [6.07, 6.45) is 0. The second-order valence-electron chi connectivity index (χ2n) is 4.00. The van der Waals surface area contributed by atoms with E-state index in [2.05, 4.69) is 0 Å². The van der Waals surface area contributed by atoms with Gasteiger partial charge >= 0.3 is 75.3 Å². The van der Waals surface area contributed by atoms with Crippen LogP contribution in [0.15, 0.2) is 0 Å². The van der Waals surface area contributed by atoms with Crippen LogP contribution < -0.4 is 0 Å². The molecule has 0 aromatic heterocycles. The molecule has 0 aromatic carbocycles. The van der Waals surface area contributed by atoms with Gasteiger partial charge in [-0.1, -0.05) is 0 Å². The van der Waals surface area contributed by atoms with Gasteiger partial charge in [-0.15, -0.1) is 0 Å². The van der Waals surface area contributed by atoms with E-state index < -0.39 is 50.1 Å². The third-order valence-corrected chi connectivity index (χ3v) is 2.17. The molecule has 0 saturated carbocycles. The summed E-state index contributed by atoms with van der Waals surface area (Å²) >= 11 is 0. The monoisotopic (exact) mass is 332 g/mol. The third-order valence-electron chi connectivity index (χ3n) is 2.17. The van der Waals surface area contributed by atoms with Crippen LogP contribution in [0.2, 0.25) is 0 Å². The number of hydrogen-bond donors (Lipinski definition) is 4. The Bertz CT molecular complexity index is 321. The summed E-state index contributed by atoms with van der Waals surface area (Å²) in [5.74, 6) is -4.91. The van der Waals surface area contributed by atoms with Gasteiger partial charge in [0, 0.05) is 13.1 Å². The Kier molecular flexibility index (Phi) is 13.0. The molecular formula is C10H17KN2O8. The van der Waals surface area contributed by atoms with Crippen LogP contribution in [0.25, 0.3) is 0 Å². The summed E-state index contributed by atoms with van der Waals surface area (Å²) < 4.78 is 0. The fraction of sp³-hybridized carbons (Fsp3) is 0.600. The van der Waals surface area contributed by atoms with E-state index in [0.29, 0.717) is 0 Å². The summed E-state index contributed by atoms with van der Waals surface area (Å²) in [4.78, 5) is 44.4. The Morgan fingerprint density at radius 1 is 0.571 bits per heavy atom. The van der Waals surface area contributed by atoms with Crippen molar-refractivity contribution in [3.8, 4) is 0 Å². The summed E-state index contributed by atoms with van der Waals surface area (Å²) in [5.41, 5.74) is 0. The average molecular weight is 332 g/mol. The molecule has 0 amide bonds. The number of carboxylic acid groups (broad SMARTS) is 4. The van der Waals surface area contributed by atoms with Crippen LogP contribution >= 0.6 is 0 Å². The van der Waals surface area contributed by atoms with Gasteiger partial charge in [-0.05, 0) is 0 Å². The van der Waals surface area contributed by atoms with Crippen LogP contribution in [-0.4, -0.2) is 145 Å². The van der Waals surface area contributed by atoms with E-state index in [0.717, 1.165) is 9.80 Å². The van der Waals surface area contributed by atoms with Crippen molar-refractivity contribution in [2.75, 3.05) is 39.3 Å². The molecule has 0 spiro atoms. The fourth-order valence-corrected chi connectivity index (χ4v) is 1.48. The van der Waals surface area contributed by atoms with Crippen molar-refractivity contribution in [2.24, 2.45) is 0 Å². The molecule has 0 aliphatic heterocycles. The zero-order valence-corrected chi connectivity index (χ0v) is 10.6. The van der Waals surface area contributed by atoms with Crippen molar-refractivity contribution in [1.82, 2.24) is 9.80 Å². The van der Waals surface area contributed by atoms with Gasteiger partial charge in [-0.3, -0.25) is 29.0 Å². The number of hydrogen-bond acceptors (Lipinski definition) is 6. The van der Waals surface area contributed by atoms with Gasteiger partial charge in [-0.25, -0.2) is 0 Å². The molecule has 0 fully saturated rings. The molecule has 4 N–H and O–H groups in total. The minimum absolute atomic E-state index is 0. The number of carboxylic acids is 4. The summed E-state index contributed by atoms with van der Waals surface area (Å²) in [6.45, 7) is -2.25. The fourth-order valence-electron chi connectivity index (χ4n) is 1.48.